The van der Waals surface area contributed by atoms with E-state index in [-0.39, 0.29) is 5.82 Å². The van der Waals surface area contributed by atoms with Gasteiger partial charge in [-0.3, -0.25) is 0 Å². The molecule has 126 valence electrons. The van der Waals surface area contributed by atoms with Crippen molar-refractivity contribution in [3.63, 3.8) is 0 Å². The number of hydrogen-bond acceptors (Lipinski definition) is 3. The van der Waals surface area contributed by atoms with Gasteiger partial charge < -0.3 is 9.13 Å². The first-order chi connectivity index (χ1) is 11.6. The highest BCUT2D eigenvalue weighted by Crippen LogP contribution is 2.28. The quantitative estimate of drug-likeness (QED) is 0.611. The molecule has 0 aliphatic rings. The molecule has 3 aromatic rings. The van der Waals surface area contributed by atoms with Crippen molar-refractivity contribution < 1.29 is 4.39 Å². The van der Waals surface area contributed by atoms with Gasteiger partial charge in [-0.05, 0) is 31.2 Å². The highest BCUT2D eigenvalue weighted by Gasteiger charge is 2.15. The number of benzene rings is 1. The lowest BCUT2D eigenvalue weighted by Crippen LogP contribution is -2.06. The summed E-state index contributed by atoms with van der Waals surface area (Å²) in [5.41, 5.74) is 1.67. The molecule has 0 unspecified atom stereocenters. The van der Waals surface area contributed by atoms with Gasteiger partial charge in [-0.15, -0.1) is 10.2 Å². The van der Waals surface area contributed by atoms with Crippen molar-refractivity contribution in [2.45, 2.75) is 30.8 Å². The van der Waals surface area contributed by atoms with Crippen LogP contribution in [0, 0.1) is 5.82 Å². The summed E-state index contributed by atoms with van der Waals surface area (Å²) in [6.07, 6.45) is 2.73. The zero-order valence-electron chi connectivity index (χ0n) is 13.5. The second-order valence-corrected chi connectivity index (χ2v) is 6.77. The Morgan fingerprint density at radius 1 is 1.21 bits per heavy atom. The fraction of sp³-hybridized carbons (Fsp3) is 0.294. The number of nitrogens with zero attached hydrogens (tertiary/aromatic N) is 4. The molecular weight excluding hydrogens is 347 g/mol. The maximum Gasteiger partial charge on any atom is 0.191 e. The molecular formula is C17H18ClFN4S. The normalized spacial score (nSPS) is 11.2. The second kappa shape index (κ2) is 7.40. The maximum absolute atomic E-state index is 13.9. The second-order valence-electron chi connectivity index (χ2n) is 5.42. The summed E-state index contributed by atoms with van der Waals surface area (Å²) in [4.78, 5) is 0. The Kier molecular flexibility index (Phi) is 5.26. The van der Waals surface area contributed by atoms with Crippen molar-refractivity contribution in [2.75, 3.05) is 0 Å². The Morgan fingerprint density at radius 2 is 2.04 bits per heavy atom. The third-order valence-corrected chi connectivity index (χ3v) is 5.25. The van der Waals surface area contributed by atoms with Gasteiger partial charge in [-0.1, -0.05) is 29.4 Å². The van der Waals surface area contributed by atoms with Crippen molar-refractivity contribution in [1.29, 1.82) is 0 Å². The van der Waals surface area contributed by atoms with Crippen LogP contribution in [0.15, 0.2) is 41.7 Å². The zero-order chi connectivity index (χ0) is 17.1. The summed E-state index contributed by atoms with van der Waals surface area (Å²) in [5.74, 6) is 1.04. The van der Waals surface area contributed by atoms with Gasteiger partial charge >= 0.3 is 0 Å². The summed E-state index contributed by atoms with van der Waals surface area (Å²) < 4.78 is 18.0. The summed E-state index contributed by atoms with van der Waals surface area (Å²) in [6, 6.07) is 8.82. The van der Waals surface area contributed by atoms with Crippen LogP contribution in [0.5, 0.6) is 0 Å². The monoisotopic (exact) mass is 364 g/mol. The molecule has 4 nitrogen and oxygen atoms in total. The molecule has 0 bridgehead atoms. The predicted molar refractivity (Wildman–Crippen MR) is 94.9 cm³/mol. The van der Waals surface area contributed by atoms with Gasteiger partial charge in [-0.25, -0.2) is 4.39 Å². The minimum absolute atomic E-state index is 0.290. The fourth-order valence-electron chi connectivity index (χ4n) is 2.52. The molecule has 0 saturated carbocycles. The lowest BCUT2D eigenvalue weighted by molar-refractivity contribution is 0.616. The first-order valence-electron chi connectivity index (χ1n) is 7.68. The van der Waals surface area contributed by atoms with E-state index in [0.717, 1.165) is 17.5 Å². The smallest absolute Gasteiger partial charge is 0.191 e. The van der Waals surface area contributed by atoms with Gasteiger partial charge in [0.25, 0.3) is 0 Å². The minimum atomic E-state index is -0.290. The molecule has 0 aliphatic carbocycles. The molecule has 3 rings (SSSR count). The van der Waals surface area contributed by atoms with E-state index in [2.05, 4.69) is 32.3 Å². The summed E-state index contributed by atoms with van der Waals surface area (Å²) in [6.45, 7) is 2.82. The first kappa shape index (κ1) is 17.0. The van der Waals surface area contributed by atoms with E-state index in [1.807, 2.05) is 19.3 Å². The van der Waals surface area contributed by atoms with E-state index >= 15 is 0 Å². The van der Waals surface area contributed by atoms with Gasteiger partial charge in [-0.2, -0.15) is 0 Å². The highest BCUT2D eigenvalue weighted by atomic mass is 35.5. The number of halogens is 2. The molecule has 0 atom stereocenters. The van der Waals surface area contributed by atoms with E-state index in [9.17, 15) is 4.39 Å². The van der Waals surface area contributed by atoms with E-state index in [1.165, 1.54) is 23.5 Å². The van der Waals surface area contributed by atoms with Gasteiger partial charge in [0.2, 0.25) is 0 Å². The average Bonchev–Trinajstić information content (AvgIpc) is 3.14. The van der Waals surface area contributed by atoms with Gasteiger partial charge in [0, 0.05) is 48.2 Å². The van der Waals surface area contributed by atoms with Crippen LogP contribution in [0.25, 0.3) is 0 Å². The molecule has 0 saturated heterocycles. The summed E-state index contributed by atoms with van der Waals surface area (Å²) in [5, 5.41) is 9.80. The molecule has 0 amide bonds. The van der Waals surface area contributed by atoms with E-state index < -0.39 is 0 Å². The number of thioether (sulfide) groups is 1. The molecule has 0 fully saturated rings. The Labute approximate surface area is 149 Å². The fourth-order valence-corrected chi connectivity index (χ4v) is 3.89. The van der Waals surface area contributed by atoms with Crippen molar-refractivity contribution in [1.82, 2.24) is 19.3 Å². The van der Waals surface area contributed by atoms with E-state index in [0.29, 0.717) is 22.8 Å². The Morgan fingerprint density at radius 3 is 2.71 bits per heavy atom. The lowest BCUT2D eigenvalue weighted by atomic mass is 10.2. The maximum atomic E-state index is 13.9. The lowest BCUT2D eigenvalue weighted by Gasteiger charge is -2.09. The van der Waals surface area contributed by atoms with Crippen molar-refractivity contribution >= 4 is 23.4 Å². The summed E-state index contributed by atoms with van der Waals surface area (Å²) in [7, 11) is 2.01. The number of rotatable bonds is 6. The van der Waals surface area contributed by atoms with Crippen LogP contribution in [0.4, 0.5) is 4.39 Å². The minimum Gasteiger partial charge on any atom is -0.354 e. The Hall–Kier alpha value is -1.79. The predicted octanol–water partition coefficient (Wildman–Crippen LogP) is 4.31. The van der Waals surface area contributed by atoms with Crippen LogP contribution in [0.3, 0.4) is 0 Å². The molecule has 2 aromatic heterocycles. The average molecular weight is 365 g/mol. The van der Waals surface area contributed by atoms with Crippen LogP contribution in [-0.4, -0.2) is 19.3 Å². The van der Waals surface area contributed by atoms with E-state index in [1.54, 1.807) is 12.1 Å². The molecule has 7 heteroatoms. The van der Waals surface area contributed by atoms with Gasteiger partial charge in [0.15, 0.2) is 5.16 Å². The number of aromatic nitrogens is 4. The van der Waals surface area contributed by atoms with Crippen molar-refractivity contribution in [3.05, 3.63) is 64.5 Å². The molecule has 1 aromatic carbocycles. The van der Waals surface area contributed by atoms with Crippen LogP contribution in [0.1, 0.15) is 24.0 Å². The van der Waals surface area contributed by atoms with Crippen molar-refractivity contribution in [2.24, 2.45) is 7.05 Å². The van der Waals surface area contributed by atoms with Crippen LogP contribution in [-0.2, 0) is 25.8 Å². The van der Waals surface area contributed by atoms with Gasteiger partial charge in [0.05, 0.1) is 0 Å². The van der Waals surface area contributed by atoms with Gasteiger partial charge in [0.1, 0.15) is 11.6 Å². The zero-order valence-corrected chi connectivity index (χ0v) is 15.1. The molecule has 2 heterocycles. The third kappa shape index (κ3) is 3.49. The molecule has 0 N–H and O–H groups in total. The molecule has 0 aliphatic heterocycles. The van der Waals surface area contributed by atoms with E-state index in [4.69, 9.17) is 11.6 Å². The topological polar surface area (TPSA) is 35.6 Å². The molecule has 0 radical (unpaired) electrons. The van der Waals surface area contributed by atoms with Crippen LogP contribution in [0.2, 0.25) is 5.02 Å². The Bertz CT molecular complexity index is 823. The highest BCUT2D eigenvalue weighted by molar-refractivity contribution is 7.98. The largest absolute Gasteiger partial charge is 0.354 e. The Balaban J connectivity index is 1.78. The standard InChI is InChI=1S/C17H18ClFN4S/c1-3-23-16(10-12-6-5-9-22(12)2)20-21-17(23)24-11-13-14(18)7-4-8-15(13)19/h4-9H,3,10-11H2,1-2H3. The first-order valence-corrected chi connectivity index (χ1v) is 9.04. The van der Waals surface area contributed by atoms with Crippen molar-refractivity contribution in [3.8, 4) is 0 Å². The summed E-state index contributed by atoms with van der Waals surface area (Å²) >= 11 is 7.54. The third-order valence-electron chi connectivity index (χ3n) is 3.91. The van der Waals surface area contributed by atoms with Crippen LogP contribution >= 0.6 is 23.4 Å². The molecule has 24 heavy (non-hydrogen) atoms. The SMILES string of the molecule is CCn1c(Cc2cccn2C)nnc1SCc1c(F)cccc1Cl. The number of hydrogen-bond donors (Lipinski definition) is 0. The molecule has 0 spiro atoms. The van der Waals surface area contributed by atoms with Crippen LogP contribution < -0.4 is 0 Å². The number of aryl methyl sites for hydroxylation is 1.